The number of carbonyl (C=O) groups is 2. The molecule has 0 atom stereocenters. The fourth-order valence-corrected chi connectivity index (χ4v) is 8.05. The van der Waals surface area contributed by atoms with Crippen LogP contribution in [0.2, 0.25) is 10.0 Å². The molecule has 2 saturated heterocycles. The van der Waals surface area contributed by atoms with Gasteiger partial charge in [-0.25, -0.2) is 8.42 Å². The quantitative estimate of drug-likeness (QED) is 0.337. The summed E-state index contributed by atoms with van der Waals surface area (Å²) in [5, 5.41) is 6.49. The van der Waals surface area contributed by atoms with Crippen LogP contribution in [0.25, 0.3) is 0 Å². The molecule has 0 unspecified atom stereocenters. The van der Waals surface area contributed by atoms with Crippen molar-refractivity contribution in [2.75, 3.05) is 66.0 Å². The zero-order valence-corrected chi connectivity index (χ0v) is 28.1. The lowest BCUT2D eigenvalue weighted by molar-refractivity contribution is -0.134. The van der Waals surface area contributed by atoms with Gasteiger partial charge in [0.25, 0.3) is 0 Å². The number of benzene rings is 2. The summed E-state index contributed by atoms with van der Waals surface area (Å²) in [7, 11) is -2.04. The maximum absolute atomic E-state index is 13.8. The Kier molecular flexibility index (Phi) is 12.9. The summed E-state index contributed by atoms with van der Waals surface area (Å²) in [4.78, 5) is 30.9. The number of rotatable bonds is 13. The number of hydrogen-bond acceptors (Lipinski definition) is 6. The van der Waals surface area contributed by atoms with Crippen LogP contribution in [0.15, 0.2) is 47.4 Å². The van der Waals surface area contributed by atoms with E-state index in [0.717, 1.165) is 61.7 Å². The molecule has 0 aromatic heterocycles. The Bertz CT molecular complexity index is 1360. The van der Waals surface area contributed by atoms with Crippen LogP contribution in [-0.4, -0.2) is 100 Å². The Hall–Kier alpha value is -2.21. The third kappa shape index (κ3) is 9.64. The molecule has 4 rings (SSSR count). The highest BCUT2D eigenvalue weighted by molar-refractivity contribution is 7.89. The van der Waals surface area contributed by atoms with Crippen molar-refractivity contribution in [1.29, 1.82) is 0 Å². The molecular formula is C32H45Cl2N5O4S. The average molecular weight is 667 g/mol. The maximum Gasteiger partial charge on any atom is 0.245 e. The van der Waals surface area contributed by atoms with Crippen LogP contribution in [0.4, 0.5) is 0 Å². The highest BCUT2D eigenvalue weighted by Crippen LogP contribution is 2.32. The van der Waals surface area contributed by atoms with E-state index in [1.807, 2.05) is 35.2 Å². The van der Waals surface area contributed by atoms with Gasteiger partial charge in [-0.2, -0.15) is 4.31 Å². The van der Waals surface area contributed by atoms with Gasteiger partial charge in [-0.15, -0.1) is 0 Å². The third-order valence-corrected chi connectivity index (χ3v) is 11.7. The van der Waals surface area contributed by atoms with Crippen molar-refractivity contribution >= 4 is 45.0 Å². The van der Waals surface area contributed by atoms with Crippen LogP contribution in [-0.2, 0) is 26.0 Å². The minimum absolute atomic E-state index is 0.0280. The molecule has 9 nitrogen and oxygen atoms in total. The summed E-state index contributed by atoms with van der Waals surface area (Å²) in [6, 6.07) is 12.3. The Morgan fingerprint density at radius 1 is 0.977 bits per heavy atom. The van der Waals surface area contributed by atoms with E-state index in [9.17, 15) is 18.0 Å². The molecule has 12 heteroatoms. The third-order valence-electron chi connectivity index (χ3n) is 8.76. The molecule has 2 aromatic carbocycles. The summed E-state index contributed by atoms with van der Waals surface area (Å²) in [5.74, 6) is 0.177. The van der Waals surface area contributed by atoms with Gasteiger partial charge in [0.2, 0.25) is 21.8 Å². The molecule has 2 aliphatic heterocycles. The second kappa shape index (κ2) is 16.4. The van der Waals surface area contributed by atoms with Crippen LogP contribution in [0.1, 0.15) is 36.8 Å². The van der Waals surface area contributed by atoms with E-state index in [-0.39, 0.29) is 28.9 Å². The van der Waals surface area contributed by atoms with Gasteiger partial charge in [-0.3, -0.25) is 9.59 Å². The number of halogens is 2. The molecule has 0 bridgehead atoms. The number of carbonyl (C=O) groups excluding carboxylic acids is 2. The van der Waals surface area contributed by atoms with E-state index in [1.165, 1.54) is 12.1 Å². The number of hydrogen-bond donors (Lipinski definition) is 2. The number of amides is 2. The highest BCUT2D eigenvalue weighted by Gasteiger charge is 2.31. The molecule has 2 N–H and O–H groups in total. The second-order valence-corrected chi connectivity index (χ2v) is 14.8. The van der Waals surface area contributed by atoms with Crippen LogP contribution in [0.3, 0.4) is 0 Å². The first-order valence-corrected chi connectivity index (χ1v) is 17.7. The summed E-state index contributed by atoms with van der Waals surface area (Å²) in [5.41, 5.74) is 1.38. The van der Waals surface area contributed by atoms with Crippen molar-refractivity contribution in [2.24, 2.45) is 11.8 Å². The average Bonchev–Trinajstić information content (AvgIpc) is 3.02. The number of sulfonamides is 1. The molecule has 2 amide bonds. The molecule has 2 aliphatic rings. The fourth-order valence-electron chi connectivity index (χ4n) is 5.87. The standard InChI is InChI=1S/C32H45Cl2N5O4S/c1-24-28(33)8-9-29(32(24)34)44(42,43)39(19-14-25-6-4-3-5-7-25)23-30(40)36-20-31(41)38(21-26-10-15-35-16-11-26)22-27-12-17-37(2)18-13-27/h3-9,26-27,35H,10-23H2,1-2H3,(H,36,40). The summed E-state index contributed by atoms with van der Waals surface area (Å²) in [6.07, 6.45) is 4.52. The van der Waals surface area contributed by atoms with Gasteiger partial charge in [0.15, 0.2) is 0 Å². The Morgan fingerprint density at radius 2 is 1.61 bits per heavy atom. The number of nitrogens with one attached hydrogen (secondary N) is 2. The summed E-state index contributed by atoms with van der Waals surface area (Å²) >= 11 is 12.6. The van der Waals surface area contributed by atoms with Crippen LogP contribution < -0.4 is 10.6 Å². The van der Waals surface area contributed by atoms with E-state index in [4.69, 9.17) is 23.2 Å². The van der Waals surface area contributed by atoms with E-state index < -0.39 is 22.5 Å². The molecule has 2 fully saturated rings. The van der Waals surface area contributed by atoms with Crippen molar-refractivity contribution in [3.8, 4) is 0 Å². The first-order valence-electron chi connectivity index (χ1n) is 15.5. The van der Waals surface area contributed by atoms with Crippen molar-refractivity contribution < 1.29 is 18.0 Å². The minimum atomic E-state index is -4.16. The molecule has 2 aromatic rings. The normalized spacial score (nSPS) is 17.1. The molecule has 0 saturated carbocycles. The van der Waals surface area contributed by atoms with Gasteiger partial charge in [0, 0.05) is 24.7 Å². The van der Waals surface area contributed by atoms with Crippen molar-refractivity contribution in [1.82, 2.24) is 24.7 Å². The Labute approximate surface area is 272 Å². The topological polar surface area (TPSA) is 102 Å². The van der Waals surface area contributed by atoms with Crippen LogP contribution in [0, 0.1) is 18.8 Å². The van der Waals surface area contributed by atoms with Gasteiger partial charge < -0.3 is 20.4 Å². The van der Waals surface area contributed by atoms with Gasteiger partial charge in [0.1, 0.15) is 4.90 Å². The summed E-state index contributed by atoms with van der Waals surface area (Å²) < 4.78 is 28.8. The first-order chi connectivity index (χ1) is 21.0. The van der Waals surface area contributed by atoms with Gasteiger partial charge in [0.05, 0.1) is 18.1 Å². The largest absolute Gasteiger partial charge is 0.346 e. The predicted molar refractivity (Wildman–Crippen MR) is 176 cm³/mol. The van der Waals surface area contributed by atoms with E-state index in [2.05, 4.69) is 22.6 Å². The predicted octanol–water partition coefficient (Wildman–Crippen LogP) is 3.82. The first kappa shape index (κ1) is 34.7. The number of likely N-dealkylation sites (tertiary alicyclic amines) is 1. The van der Waals surface area contributed by atoms with Crippen LogP contribution >= 0.6 is 23.2 Å². The SMILES string of the molecule is Cc1c(Cl)ccc(S(=O)(=O)N(CCc2ccccc2)CC(=O)NCC(=O)N(CC2CCNCC2)CC2CCN(C)CC2)c1Cl. The number of nitrogens with zero attached hydrogens (tertiary/aromatic N) is 3. The van der Waals surface area contributed by atoms with Crippen molar-refractivity contribution in [2.45, 2.75) is 43.9 Å². The summed E-state index contributed by atoms with van der Waals surface area (Å²) in [6.45, 7) is 6.37. The smallest absolute Gasteiger partial charge is 0.245 e. The molecule has 242 valence electrons. The number of piperidine rings is 2. The lowest BCUT2D eigenvalue weighted by Gasteiger charge is -2.35. The van der Waals surface area contributed by atoms with E-state index in [1.54, 1.807) is 6.92 Å². The second-order valence-electron chi connectivity index (χ2n) is 12.1. The lowest BCUT2D eigenvalue weighted by Crippen LogP contribution is -2.48. The molecule has 2 heterocycles. The Balaban J connectivity index is 1.44. The van der Waals surface area contributed by atoms with Crippen molar-refractivity contribution in [3.63, 3.8) is 0 Å². The molecule has 0 radical (unpaired) electrons. The maximum atomic E-state index is 13.8. The van der Waals surface area contributed by atoms with Gasteiger partial charge >= 0.3 is 0 Å². The molecular weight excluding hydrogens is 621 g/mol. The zero-order chi connectivity index (χ0) is 31.7. The Morgan fingerprint density at radius 3 is 2.27 bits per heavy atom. The van der Waals surface area contributed by atoms with E-state index >= 15 is 0 Å². The van der Waals surface area contributed by atoms with Crippen LogP contribution in [0.5, 0.6) is 0 Å². The minimum Gasteiger partial charge on any atom is -0.346 e. The molecule has 0 aliphatic carbocycles. The monoisotopic (exact) mass is 665 g/mol. The molecule has 0 spiro atoms. The van der Waals surface area contributed by atoms with Gasteiger partial charge in [-0.1, -0.05) is 53.5 Å². The van der Waals surface area contributed by atoms with Gasteiger partial charge in [-0.05, 0) is 107 Å². The van der Waals surface area contributed by atoms with E-state index in [0.29, 0.717) is 41.9 Å². The molecule has 44 heavy (non-hydrogen) atoms. The fraction of sp³-hybridized carbons (Fsp3) is 0.562. The van der Waals surface area contributed by atoms with Crippen molar-refractivity contribution in [3.05, 3.63) is 63.6 Å². The highest BCUT2D eigenvalue weighted by atomic mass is 35.5. The lowest BCUT2D eigenvalue weighted by atomic mass is 9.94. The zero-order valence-electron chi connectivity index (χ0n) is 25.7.